The Morgan fingerprint density at radius 1 is 1.30 bits per heavy atom. The van der Waals surface area contributed by atoms with Crippen LogP contribution in [0.15, 0.2) is 18.2 Å². The molecule has 0 bridgehead atoms. The molecule has 20 heavy (non-hydrogen) atoms. The zero-order chi connectivity index (χ0) is 14.6. The predicted octanol–water partition coefficient (Wildman–Crippen LogP) is 1.93. The molecular weight excluding hydrogens is 252 g/mol. The lowest BCUT2D eigenvalue weighted by Crippen LogP contribution is -2.49. The number of fused-ring (bicyclic) bond motifs is 1. The molecule has 1 atom stereocenters. The number of benzene rings is 1. The van der Waals surface area contributed by atoms with Crippen LogP contribution in [0.3, 0.4) is 0 Å². The first kappa shape index (κ1) is 14.9. The van der Waals surface area contributed by atoms with E-state index in [9.17, 15) is 4.79 Å². The van der Waals surface area contributed by atoms with Crippen LogP contribution in [0.2, 0.25) is 0 Å². The van der Waals surface area contributed by atoms with Gasteiger partial charge in [0.2, 0.25) is 5.91 Å². The molecule has 0 aliphatic heterocycles. The Morgan fingerprint density at radius 3 is 2.70 bits per heavy atom. The molecule has 0 radical (unpaired) electrons. The molecule has 4 heteroatoms. The SMILES string of the molecule is CC(N)(CCCOc1ccc2c(c1)CCCC2)C(N)=O. The minimum absolute atomic E-state index is 0.466. The molecule has 0 aromatic heterocycles. The van der Waals surface area contributed by atoms with E-state index in [0.29, 0.717) is 19.4 Å². The van der Waals surface area contributed by atoms with Gasteiger partial charge in [0, 0.05) is 0 Å². The number of ether oxygens (including phenoxy) is 1. The Labute approximate surface area is 120 Å². The van der Waals surface area contributed by atoms with Crippen LogP contribution in [0.4, 0.5) is 0 Å². The molecule has 4 N–H and O–H groups in total. The summed E-state index contributed by atoms with van der Waals surface area (Å²) in [5.74, 6) is 0.440. The second-order valence-electron chi connectivity index (χ2n) is 5.87. The largest absolute Gasteiger partial charge is 0.494 e. The number of rotatable bonds is 6. The third-order valence-corrected chi connectivity index (χ3v) is 3.99. The highest BCUT2D eigenvalue weighted by molar-refractivity contribution is 5.83. The van der Waals surface area contributed by atoms with Gasteiger partial charge < -0.3 is 16.2 Å². The van der Waals surface area contributed by atoms with E-state index in [-0.39, 0.29) is 0 Å². The highest BCUT2D eigenvalue weighted by Crippen LogP contribution is 2.25. The van der Waals surface area contributed by atoms with E-state index in [1.807, 2.05) is 6.07 Å². The van der Waals surface area contributed by atoms with E-state index in [2.05, 4.69) is 12.1 Å². The highest BCUT2D eigenvalue weighted by atomic mass is 16.5. The van der Waals surface area contributed by atoms with Crippen LogP contribution in [0.5, 0.6) is 5.75 Å². The fourth-order valence-electron chi connectivity index (χ4n) is 2.55. The third kappa shape index (κ3) is 3.73. The maximum atomic E-state index is 11.1. The van der Waals surface area contributed by atoms with Gasteiger partial charge in [-0.15, -0.1) is 0 Å². The molecule has 1 unspecified atom stereocenters. The first-order valence-corrected chi connectivity index (χ1v) is 7.32. The van der Waals surface area contributed by atoms with E-state index in [0.717, 1.165) is 12.2 Å². The van der Waals surface area contributed by atoms with Crippen molar-refractivity contribution in [3.05, 3.63) is 29.3 Å². The fraction of sp³-hybridized carbons (Fsp3) is 0.562. The van der Waals surface area contributed by atoms with Gasteiger partial charge in [0.15, 0.2) is 0 Å². The number of hydrogen-bond donors (Lipinski definition) is 2. The van der Waals surface area contributed by atoms with Gasteiger partial charge in [0.05, 0.1) is 12.1 Å². The molecule has 1 aliphatic rings. The lowest BCUT2D eigenvalue weighted by atomic mass is 9.92. The number of amides is 1. The molecule has 1 amide bonds. The van der Waals surface area contributed by atoms with Gasteiger partial charge in [-0.3, -0.25) is 4.79 Å². The first-order valence-electron chi connectivity index (χ1n) is 7.32. The summed E-state index contributed by atoms with van der Waals surface area (Å²) in [6.45, 7) is 2.22. The average molecular weight is 276 g/mol. The normalized spacial score (nSPS) is 17.1. The molecule has 2 rings (SSSR count). The van der Waals surface area contributed by atoms with Gasteiger partial charge in [0.25, 0.3) is 0 Å². The second-order valence-corrected chi connectivity index (χ2v) is 5.87. The Balaban J connectivity index is 1.81. The Morgan fingerprint density at radius 2 is 2.00 bits per heavy atom. The number of carbonyl (C=O) groups is 1. The zero-order valence-corrected chi connectivity index (χ0v) is 12.2. The van der Waals surface area contributed by atoms with Crippen molar-refractivity contribution in [2.24, 2.45) is 11.5 Å². The summed E-state index contributed by atoms with van der Waals surface area (Å²) < 4.78 is 5.74. The Hall–Kier alpha value is -1.55. The molecule has 0 spiro atoms. The van der Waals surface area contributed by atoms with Crippen LogP contribution in [-0.4, -0.2) is 18.1 Å². The number of aryl methyl sites for hydroxylation is 2. The zero-order valence-electron chi connectivity index (χ0n) is 12.2. The molecule has 1 aromatic rings. The van der Waals surface area contributed by atoms with Crippen LogP contribution in [-0.2, 0) is 17.6 Å². The van der Waals surface area contributed by atoms with E-state index in [1.165, 1.54) is 30.4 Å². The molecule has 0 saturated heterocycles. The number of primary amides is 1. The standard InChI is InChI=1S/C16H24N2O2/c1-16(18,15(17)19)9-4-10-20-14-8-7-12-5-2-3-6-13(12)11-14/h7-8,11H,2-6,9-10,18H2,1H3,(H2,17,19). The van der Waals surface area contributed by atoms with Crippen LogP contribution in [0.1, 0.15) is 43.7 Å². The van der Waals surface area contributed by atoms with Crippen LogP contribution < -0.4 is 16.2 Å². The van der Waals surface area contributed by atoms with Crippen molar-refractivity contribution in [2.45, 2.75) is 51.0 Å². The molecule has 0 heterocycles. The number of hydrogen-bond acceptors (Lipinski definition) is 3. The van der Waals surface area contributed by atoms with Gasteiger partial charge in [-0.25, -0.2) is 0 Å². The van der Waals surface area contributed by atoms with Crippen molar-refractivity contribution >= 4 is 5.91 Å². The van der Waals surface area contributed by atoms with Crippen LogP contribution in [0.25, 0.3) is 0 Å². The minimum atomic E-state index is -0.945. The van der Waals surface area contributed by atoms with Gasteiger partial charge >= 0.3 is 0 Å². The summed E-state index contributed by atoms with van der Waals surface area (Å²) in [6, 6.07) is 6.34. The van der Waals surface area contributed by atoms with E-state index in [1.54, 1.807) is 6.92 Å². The second kappa shape index (κ2) is 6.27. The first-order chi connectivity index (χ1) is 9.49. The van der Waals surface area contributed by atoms with Gasteiger partial charge in [-0.2, -0.15) is 0 Å². The van der Waals surface area contributed by atoms with Crippen LogP contribution in [0, 0.1) is 0 Å². The summed E-state index contributed by atoms with van der Waals surface area (Å²) in [5, 5.41) is 0. The van der Waals surface area contributed by atoms with Crippen molar-refractivity contribution in [2.75, 3.05) is 6.61 Å². The summed E-state index contributed by atoms with van der Waals surface area (Å²) >= 11 is 0. The summed E-state index contributed by atoms with van der Waals surface area (Å²) in [7, 11) is 0. The molecule has 4 nitrogen and oxygen atoms in total. The minimum Gasteiger partial charge on any atom is -0.494 e. The molecule has 110 valence electrons. The lowest BCUT2D eigenvalue weighted by Gasteiger charge is -2.20. The summed E-state index contributed by atoms with van der Waals surface area (Å²) in [5.41, 5.74) is 13.0. The van der Waals surface area contributed by atoms with Crippen molar-refractivity contribution in [1.82, 2.24) is 0 Å². The molecule has 0 fully saturated rings. The highest BCUT2D eigenvalue weighted by Gasteiger charge is 2.24. The maximum Gasteiger partial charge on any atom is 0.237 e. The molecule has 1 aliphatic carbocycles. The Bertz CT molecular complexity index is 483. The van der Waals surface area contributed by atoms with Crippen molar-refractivity contribution < 1.29 is 9.53 Å². The summed E-state index contributed by atoms with van der Waals surface area (Å²) in [4.78, 5) is 11.1. The van der Waals surface area contributed by atoms with E-state index >= 15 is 0 Å². The summed E-state index contributed by atoms with van der Waals surface area (Å²) in [6.07, 6.45) is 6.13. The quantitative estimate of drug-likeness (QED) is 0.779. The third-order valence-electron chi connectivity index (χ3n) is 3.99. The van der Waals surface area contributed by atoms with Gasteiger partial charge in [-0.05, 0) is 68.7 Å². The van der Waals surface area contributed by atoms with Crippen LogP contribution >= 0.6 is 0 Å². The molecule has 0 saturated carbocycles. The topological polar surface area (TPSA) is 78.3 Å². The number of carbonyl (C=O) groups excluding carboxylic acids is 1. The number of nitrogens with two attached hydrogens (primary N) is 2. The Kier molecular flexibility index (Phi) is 4.65. The van der Waals surface area contributed by atoms with Gasteiger partial charge in [-0.1, -0.05) is 6.07 Å². The fourth-order valence-corrected chi connectivity index (χ4v) is 2.55. The average Bonchev–Trinajstić information content (AvgIpc) is 2.43. The van der Waals surface area contributed by atoms with E-state index < -0.39 is 11.4 Å². The lowest BCUT2D eigenvalue weighted by molar-refractivity contribution is -0.122. The predicted molar refractivity (Wildman–Crippen MR) is 79.6 cm³/mol. The molecular formula is C16H24N2O2. The van der Waals surface area contributed by atoms with Crippen molar-refractivity contribution in [3.8, 4) is 5.75 Å². The van der Waals surface area contributed by atoms with E-state index in [4.69, 9.17) is 16.2 Å². The maximum absolute atomic E-state index is 11.1. The smallest absolute Gasteiger partial charge is 0.237 e. The van der Waals surface area contributed by atoms with Gasteiger partial charge in [0.1, 0.15) is 5.75 Å². The monoisotopic (exact) mass is 276 g/mol. The van der Waals surface area contributed by atoms with Crippen molar-refractivity contribution in [1.29, 1.82) is 0 Å². The molecule has 1 aromatic carbocycles. The van der Waals surface area contributed by atoms with Crippen molar-refractivity contribution in [3.63, 3.8) is 0 Å².